The van der Waals surface area contributed by atoms with Gasteiger partial charge in [-0.25, -0.2) is 18.7 Å². The van der Waals surface area contributed by atoms with Crippen molar-refractivity contribution >= 4 is 15.7 Å². The Morgan fingerprint density at radius 1 is 0.947 bits per heavy atom. The number of fused-ring (bicyclic) bond motifs is 1. The lowest BCUT2D eigenvalue weighted by Crippen LogP contribution is -2.58. The predicted octanol–water partition coefficient (Wildman–Crippen LogP) is 3.55. The molecule has 38 heavy (non-hydrogen) atoms. The van der Waals surface area contributed by atoms with Gasteiger partial charge in [-0.05, 0) is 74.9 Å². The van der Waals surface area contributed by atoms with Crippen LogP contribution in [-0.2, 0) is 24.2 Å². The van der Waals surface area contributed by atoms with Crippen molar-refractivity contribution in [3.05, 3.63) is 42.5 Å². The standard InChI is InChI=1S/C27H32N2O8S/c30-26(28-37-25-3-1-2-16-33-25)27(12-14-29(15-13-27)19-4-5-19)38(31,32)22-9-6-20(7-10-22)36-21-8-11-23-24(17-21)35-18-34-23/h6-11,17,19,25H,1-5,12-16,18H2,(H,28,30). The first-order valence-electron chi connectivity index (χ1n) is 13.2. The summed E-state index contributed by atoms with van der Waals surface area (Å²) >= 11 is 0. The summed E-state index contributed by atoms with van der Waals surface area (Å²) in [5.41, 5.74) is 2.45. The van der Waals surface area contributed by atoms with Gasteiger partial charge in [-0.1, -0.05) is 0 Å². The number of carbonyl (C=O) groups excluding carboxylic acids is 1. The molecule has 0 spiro atoms. The van der Waals surface area contributed by atoms with E-state index in [2.05, 4.69) is 10.4 Å². The van der Waals surface area contributed by atoms with Crippen LogP contribution in [0.1, 0.15) is 44.9 Å². The number of amides is 1. The molecule has 10 nitrogen and oxygen atoms in total. The van der Waals surface area contributed by atoms with Crippen molar-refractivity contribution in [2.45, 2.75) is 66.9 Å². The zero-order chi connectivity index (χ0) is 26.2. The molecular weight excluding hydrogens is 512 g/mol. The molecule has 2 aromatic rings. The summed E-state index contributed by atoms with van der Waals surface area (Å²) in [6.07, 6.45) is 4.60. The second-order valence-electron chi connectivity index (χ2n) is 10.2. The molecule has 3 heterocycles. The molecular formula is C27H32N2O8S. The van der Waals surface area contributed by atoms with Crippen molar-refractivity contribution in [3.8, 4) is 23.0 Å². The van der Waals surface area contributed by atoms with Crippen LogP contribution in [0.2, 0.25) is 0 Å². The number of carbonyl (C=O) groups is 1. The van der Waals surface area contributed by atoms with E-state index in [0.717, 1.165) is 25.7 Å². The number of nitrogens with one attached hydrogen (secondary N) is 1. The fraction of sp³-hybridized carbons (Fsp3) is 0.519. The molecule has 1 atom stereocenters. The van der Waals surface area contributed by atoms with Crippen molar-refractivity contribution < 1.29 is 37.0 Å². The molecule has 4 aliphatic rings. The molecule has 204 valence electrons. The molecule has 0 bridgehead atoms. The van der Waals surface area contributed by atoms with Gasteiger partial charge < -0.3 is 23.8 Å². The first kappa shape index (κ1) is 25.4. The van der Waals surface area contributed by atoms with Crippen LogP contribution in [0.25, 0.3) is 0 Å². The van der Waals surface area contributed by atoms with Crippen molar-refractivity contribution in [1.82, 2.24) is 10.4 Å². The van der Waals surface area contributed by atoms with Crippen LogP contribution in [0.5, 0.6) is 23.0 Å². The minimum atomic E-state index is -4.05. The van der Waals surface area contributed by atoms with E-state index in [1.807, 2.05) is 0 Å². The van der Waals surface area contributed by atoms with Gasteiger partial charge >= 0.3 is 0 Å². The van der Waals surface area contributed by atoms with Gasteiger partial charge in [0.15, 0.2) is 32.4 Å². The molecule has 2 aromatic carbocycles. The second kappa shape index (κ2) is 10.4. The van der Waals surface area contributed by atoms with Gasteiger partial charge in [-0.15, -0.1) is 0 Å². The van der Waals surface area contributed by atoms with Gasteiger partial charge in [0.2, 0.25) is 6.79 Å². The molecule has 1 N–H and O–H groups in total. The quantitative estimate of drug-likeness (QED) is 0.499. The van der Waals surface area contributed by atoms with E-state index in [1.165, 1.54) is 12.1 Å². The summed E-state index contributed by atoms with van der Waals surface area (Å²) in [5.74, 6) is 1.60. The molecule has 0 aromatic heterocycles. The summed E-state index contributed by atoms with van der Waals surface area (Å²) in [5, 5.41) is 0. The maximum Gasteiger partial charge on any atom is 0.265 e. The van der Waals surface area contributed by atoms with Gasteiger partial charge in [-0.2, -0.15) is 0 Å². The first-order valence-corrected chi connectivity index (χ1v) is 14.7. The molecule has 1 aliphatic carbocycles. The smallest absolute Gasteiger partial charge is 0.265 e. The first-order chi connectivity index (χ1) is 18.4. The number of likely N-dealkylation sites (tertiary alicyclic amines) is 1. The fourth-order valence-electron chi connectivity index (χ4n) is 5.31. The number of ether oxygens (including phenoxy) is 4. The van der Waals surface area contributed by atoms with Gasteiger partial charge in [0, 0.05) is 38.2 Å². The lowest BCUT2D eigenvalue weighted by Gasteiger charge is -2.40. The minimum absolute atomic E-state index is 0.0690. The third-order valence-electron chi connectivity index (χ3n) is 7.73. The van der Waals surface area contributed by atoms with Crippen LogP contribution in [0.4, 0.5) is 0 Å². The Kier molecular flexibility index (Phi) is 6.93. The van der Waals surface area contributed by atoms with E-state index in [9.17, 15) is 13.2 Å². The van der Waals surface area contributed by atoms with Crippen molar-refractivity contribution in [2.75, 3.05) is 26.5 Å². The molecule has 11 heteroatoms. The average Bonchev–Trinajstić information content (AvgIpc) is 3.70. The Bertz CT molecular complexity index is 1260. The minimum Gasteiger partial charge on any atom is -0.457 e. The summed E-state index contributed by atoms with van der Waals surface area (Å²) < 4.78 is 48.6. The number of benzene rings is 2. The van der Waals surface area contributed by atoms with Crippen LogP contribution < -0.4 is 19.7 Å². The number of hydrogen-bond acceptors (Lipinski definition) is 9. The van der Waals surface area contributed by atoms with Gasteiger partial charge in [0.1, 0.15) is 11.5 Å². The second-order valence-corrected chi connectivity index (χ2v) is 12.5. The number of hydroxylamine groups is 1. The topological polar surface area (TPSA) is 113 Å². The van der Waals surface area contributed by atoms with Crippen LogP contribution in [-0.4, -0.2) is 62.8 Å². The lowest BCUT2D eigenvalue weighted by molar-refractivity contribution is -0.202. The maximum atomic E-state index is 14.1. The van der Waals surface area contributed by atoms with Crippen LogP contribution >= 0.6 is 0 Å². The summed E-state index contributed by atoms with van der Waals surface area (Å²) in [6.45, 7) is 1.81. The zero-order valence-electron chi connectivity index (χ0n) is 21.1. The van der Waals surface area contributed by atoms with Crippen LogP contribution in [0, 0.1) is 0 Å². The van der Waals surface area contributed by atoms with E-state index < -0.39 is 26.8 Å². The van der Waals surface area contributed by atoms with E-state index in [1.54, 1.807) is 30.3 Å². The molecule has 6 rings (SSSR count). The number of rotatable bonds is 8. The molecule has 3 fully saturated rings. The highest BCUT2D eigenvalue weighted by Gasteiger charge is 2.54. The fourth-order valence-corrected chi connectivity index (χ4v) is 7.26. The Labute approximate surface area is 222 Å². The third-order valence-corrected chi connectivity index (χ3v) is 10.2. The van der Waals surface area contributed by atoms with Crippen molar-refractivity contribution in [3.63, 3.8) is 0 Å². The monoisotopic (exact) mass is 544 g/mol. The maximum absolute atomic E-state index is 14.1. The summed E-state index contributed by atoms with van der Waals surface area (Å²) in [6, 6.07) is 11.9. The highest BCUT2D eigenvalue weighted by Crippen LogP contribution is 2.40. The van der Waals surface area contributed by atoms with Gasteiger partial charge in [0.05, 0.1) is 4.90 Å². The van der Waals surface area contributed by atoms with Crippen molar-refractivity contribution in [2.24, 2.45) is 0 Å². The normalized spacial score (nSPS) is 23.1. The molecule has 1 unspecified atom stereocenters. The Hall–Kier alpha value is -2.86. The molecule has 3 aliphatic heterocycles. The number of nitrogens with zero attached hydrogens (tertiary/aromatic N) is 1. The molecule has 1 amide bonds. The van der Waals surface area contributed by atoms with Crippen LogP contribution in [0.15, 0.2) is 47.4 Å². The summed E-state index contributed by atoms with van der Waals surface area (Å²) in [7, 11) is -4.05. The highest BCUT2D eigenvalue weighted by atomic mass is 32.2. The number of hydrogen-bond donors (Lipinski definition) is 1. The lowest BCUT2D eigenvalue weighted by atomic mass is 9.94. The number of piperidine rings is 1. The van der Waals surface area contributed by atoms with Crippen molar-refractivity contribution in [1.29, 1.82) is 0 Å². The average molecular weight is 545 g/mol. The third kappa shape index (κ3) is 4.95. The largest absolute Gasteiger partial charge is 0.457 e. The van der Waals surface area contributed by atoms with Gasteiger partial charge in [0.25, 0.3) is 5.91 Å². The Balaban J connectivity index is 1.20. The van der Waals surface area contributed by atoms with E-state index in [4.69, 9.17) is 23.8 Å². The molecule has 0 radical (unpaired) electrons. The summed E-state index contributed by atoms with van der Waals surface area (Å²) in [4.78, 5) is 21.4. The predicted molar refractivity (Wildman–Crippen MR) is 136 cm³/mol. The van der Waals surface area contributed by atoms with E-state index >= 15 is 0 Å². The number of sulfone groups is 1. The SMILES string of the molecule is O=C(NOC1CCCCO1)C1(S(=O)(=O)c2ccc(Oc3ccc4c(c3)OCO4)cc2)CCN(C2CC2)CC1. The zero-order valence-corrected chi connectivity index (χ0v) is 21.9. The van der Waals surface area contributed by atoms with E-state index in [0.29, 0.717) is 55.2 Å². The Morgan fingerprint density at radius 2 is 1.68 bits per heavy atom. The van der Waals surface area contributed by atoms with E-state index in [-0.39, 0.29) is 24.5 Å². The highest BCUT2D eigenvalue weighted by molar-refractivity contribution is 7.93. The Morgan fingerprint density at radius 3 is 2.39 bits per heavy atom. The van der Waals surface area contributed by atoms with Gasteiger partial charge in [-0.3, -0.25) is 4.79 Å². The van der Waals surface area contributed by atoms with Crippen LogP contribution in [0.3, 0.4) is 0 Å². The molecule has 2 saturated heterocycles. The molecule has 1 saturated carbocycles.